The molecular formula is C15H16O5. The molecule has 2 N–H and O–H groups in total. The molecule has 0 saturated carbocycles. The summed E-state index contributed by atoms with van der Waals surface area (Å²) in [5.74, 6) is -2.15. The first-order valence-corrected chi connectivity index (χ1v) is 6.08. The average molecular weight is 276 g/mol. The quantitative estimate of drug-likeness (QED) is 0.361. The molecule has 0 unspecified atom stereocenters. The lowest BCUT2D eigenvalue weighted by molar-refractivity contribution is -0.132. The zero-order chi connectivity index (χ0) is 15.0. The SMILES string of the molecule is C/C=C\CC/C(=C/OC(=O)c1ccccc1O)C(=O)O. The first-order valence-electron chi connectivity index (χ1n) is 6.08. The van der Waals surface area contributed by atoms with Crippen LogP contribution < -0.4 is 0 Å². The molecule has 0 heterocycles. The van der Waals surface area contributed by atoms with Crippen LogP contribution in [-0.2, 0) is 9.53 Å². The second-order valence-corrected chi connectivity index (χ2v) is 3.98. The van der Waals surface area contributed by atoms with Crippen LogP contribution in [0.15, 0.2) is 48.3 Å². The molecule has 1 aromatic carbocycles. The normalized spacial score (nSPS) is 11.6. The maximum atomic E-state index is 11.7. The Kier molecular flexibility index (Phi) is 6.03. The third-order valence-electron chi connectivity index (χ3n) is 2.52. The van der Waals surface area contributed by atoms with Crippen LogP contribution in [0.3, 0.4) is 0 Å². The van der Waals surface area contributed by atoms with Gasteiger partial charge in [0.15, 0.2) is 0 Å². The lowest BCUT2D eigenvalue weighted by Crippen LogP contribution is -2.05. The van der Waals surface area contributed by atoms with Crippen LogP contribution in [0.1, 0.15) is 30.1 Å². The molecule has 1 rings (SSSR count). The smallest absolute Gasteiger partial charge is 0.346 e. The van der Waals surface area contributed by atoms with Gasteiger partial charge in [-0.15, -0.1) is 0 Å². The highest BCUT2D eigenvalue weighted by molar-refractivity contribution is 5.93. The van der Waals surface area contributed by atoms with Gasteiger partial charge in [-0.3, -0.25) is 0 Å². The van der Waals surface area contributed by atoms with E-state index in [0.717, 1.165) is 6.26 Å². The molecule has 5 heteroatoms. The van der Waals surface area contributed by atoms with E-state index in [0.29, 0.717) is 6.42 Å². The number of esters is 1. The number of aliphatic carboxylic acids is 1. The van der Waals surface area contributed by atoms with Gasteiger partial charge in [-0.2, -0.15) is 0 Å². The maximum absolute atomic E-state index is 11.7. The molecule has 1 aromatic rings. The van der Waals surface area contributed by atoms with E-state index in [1.807, 2.05) is 19.1 Å². The lowest BCUT2D eigenvalue weighted by atomic mass is 10.1. The number of hydrogen-bond donors (Lipinski definition) is 2. The van der Waals surface area contributed by atoms with Gasteiger partial charge in [-0.25, -0.2) is 9.59 Å². The highest BCUT2D eigenvalue weighted by atomic mass is 16.5. The zero-order valence-corrected chi connectivity index (χ0v) is 11.1. The van der Waals surface area contributed by atoms with E-state index in [-0.39, 0.29) is 23.3 Å². The Morgan fingerprint density at radius 3 is 2.60 bits per heavy atom. The third-order valence-corrected chi connectivity index (χ3v) is 2.52. The van der Waals surface area contributed by atoms with E-state index in [1.54, 1.807) is 12.1 Å². The molecular weight excluding hydrogens is 260 g/mol. The van der Waals surface area contributed by atoms with E-state index in [1.165, 1.54) is 12.1 Å². The van der Waals surface area contributed by atoms with E-state index < -0.39 is 11.9 Å². The first-order chi connectivity index (χ1) is 9.56. The van der Waals surface area contributed by atoms with Gasteiger partial charge < -0.3 is 14.9 Å². The molecule has 0 aliphatic carbocycles. The molecule has 0 bridgehead atoms. The fourth-order valence-electron chi connectivity index (χ4n) is 1.46. The Labute approximate surface area is 116 Å². The molecule has 0 atom stereocenters. The summed E-state index contributed by atoms with van der Waals surface area (Å²) in [6.45, 7) is 1.84. The average Bonchev–Trinajstić information content (AvgIpc) is 2.42. The van der Waals surface area contributed by atoms with Crippen LogP contribution in [0.5, 0.6) is 5.75 Å². The van der Waals surface area contributed by atoms with Gasteiger partial charge in [0.2, 0.25) is 0 Å². The molecule has 0 aliphatic rings. The summed E-state index contributed by atoms with van der Waals surface area (Å²) in [5.41, 5.74) is -0.0196. The van der Waals surface area contributed by atoms with Crippen molar-refractivity contribution in [1.82, 2.24) is 0 Å². The number of hydrogen-bond acceptors (Lipinski definition) is 4. The fraction of sp³-hybridized carbons (Fsp3) is 0.200. The molecule has 0 radical (unpaired) electrons. The Morgan fingerprint density at radius 1 is 1.30 bits per heavy atom. The number of carbonyl (C=O) groups excluding carboxylic acids is 1. The minimum atomic E-state index is -1.14. The van der Waals surface area contributed by atoms with Crippen molar-refractivity contribution in [3.05, 3.63) is 53.8 Å². The zero-order valence-electron chi connectivity index (χ0n) is 11.1. The Hall–Kier alpha value is -2.56. The number of benzene rings is 1. The van der Waals surface area contributed by atoms with Gasteiger partial charge >= 0.3 is 11.9 Å². The van der Waals surface area contributed by atoms with Crippen LogP contribution in [-0.4, -0.2) is 22.2 Å². The second kappa shape index (κ2) is 7.78. The summed E-state index contributed by atoms with van der Waals surface area (Å²) in [6.07, 6.45) is 5.35. The predicted octanol–water partition coefficient (Wildman–Crippen LogP) is 2.87. The lowest BCUT2D eigenvalue weighted by Gasteiger charge is -2.04. The van der Waals surface area contributed by atoms with Crippen molar-refractivity contribution in [1.29, 1.82) is 0 Å². The van der Waals surface area contributed by atoms with E-state index in [2.05, 4.69) is 0 Å². The number of rotatable bonds is 6. The molecule has 0 aromatic heterocycles. The van der Waals surface area contributed by atoms with Crippen molar-refractivity contribution in [3.63, 3.8) is 0 Å². The van der Waals surface area contributed by atoms with Gasteiger partial charge in [0.05, 0.1) is 5.57 Å². The fourth-order valence-corrected chi connectivity index (χ4v) is 1.46. The van der Waals surface area contributed by atoms with Crippen molar-refractivity contribution in [2.75, 3.05) is 0 Å². The highest BCUT2D eigenvalue weighted by Gasteiger charge is 2.13. The van der Waals surface area contributed by atoms with Gasteiger partial charge in [0, 0.05) is 0 Å². The Bertz CT molecular complexity index is 543. The molecule has 20 heavy (non-hydrogen) atoms. The largest absolute Gasteiger partial charge is 0.507 e. The van der Waals surface area contributed by atoms with Gasteiger partial charge in [-0.05, 0) is 31.9 Å². The van der Waals surface area contributed by atoms with Crippen molar-refractivity contribution >= 4 is 11.9 Å². The Balaban J connectivity index is 2.74. The van der Waals surface area contributed by atoms with Crippen molar-refractivity contribution in [2.24, 2.45) is 0 Å². The number of ether oxygens (including phenoxy) is 1. The van der Waals surface area contributed by atoms with Crippen LogP contribution in [0.4, 0.5) is 0 Å². The number of carboxylic acids is 1. The summed E-state index contributed by atoms with van der Waals surface area (Å²) in [6, 6.07) is 5.89. The number of phenolic OH excluding ortho intramolecular Hbond substituents is 1. The summed E-state index contributed by atoms with van der Waals surface area (Å²) < 4.78 is 4.80. The maximum Gasteiger partial charge on any atom is 0.346 e. The number of carbonyl (C=O) groups is 2. The van der Waals surface area contributed by atoms with E-state index in [9.17, 15) is 14.7 Å². The summed E-state index contributed by atoms with van der Waals surface area (Å²) in [7, 11) is 0. The third kappa shape index (κ3) is 4.61. The molecule has 0 amide bonds. The predicted molar refractivity (Wildman–Crippen MR) is 73.3 cm³/mol. The summed E-state index contributed by atoms with van der Waals surface area (Å²) >= 11 is 0. The minimum Gasteiger partial charge on any atom is -0.507 e. The number of carboxylic acid groups (broad SMARTS) is 1. The molecule has 0 fully saturated rings. The van der Waals surface area contributed by atoms with Crippen molar-refractivity contribution in [3.8, 4) is 5.75 Å². The van der Waals surface area contributed by atoms with Crippen LogP contribution in [0, 0.1) is 0 Å². The van der Waals surface area contributed by atoms with Crippen LogP contribution >= 0.6 is 0 Å². The summed E-state index contributed by atoms with van der Waals surface area (Å²) in [5, 5.41) is 18.5. The Morgan fingerprint density at radius 2 is 2.00 bits per heavy atom. The second-order valence-electron chi connectivity index (χ2n) is 3.98. The number of phenols is 1. The highest BCUT2D eigenvalue weighted by Crippen LogP contribution is 2.17. The number of aromatic hydroxyl groups is 1. The number of allylic oxidation sites excluding steroid dienone is 2. The summed E-state index contributed by atoms with van der Waals surface area (Å²) in [4.78, 5) is 22.7. The molecule has 0 aliphatic heterocycles. The molecule has 0 spiro atoms. The standard InChI is InChI=1S/C15H16O5/c1-2-3-4-7-11(14(17)18)10-20-15(19)12-8-5-6-9-13(12)16/h2-3,5-6,8-10,16H,4,7H2,1H3,(H,17,18)/b3-2-,11-10-. The minimum absolute atomic E-state index is 0.00753. The topological polar surface area (TPSA) is 83.8 Å². The molecule has 106 valence electrons. The van der Waals surface area contributed by atoms with Crippen LogP contribution in [0.2, 0.25) is 0 Å². The number of para-hydroxylation sites is 1. The van der Waals surface area contributed by atoms with Crippen LogP contribution in [0.25, 0.3) is 0 Å². The van der Waals surface area contributed by atoms with Crippen molar-refractivity contribution < 1.29 is 24.5 Å². The monoisotopic (exact) mass is 276 g/mol. The van der Waals surface area contributed by atoms with Gasteiger partial charge in [0.25, 0.3) is 0 Å². The molecule has 5 nitrogen and oxygen atoms in total. The van der Waals surface area contributed by atoms with E-state index in [4.69, 9.17) is 9.84 Å². The van der Waals surface area contributed by atoms with Crippen molar-refractivity contribution in [2.45, 2.75) is 19.8 Å². The van der Waals surface area contributed by atoms with Gasteiger partial charge in [0.1, 0.15) is 17.6 Å². The van der Waals surface area contributed by atoms with E-state index >= 15 is 0 Å². The van der Waals surface area contributed by atoms with Gasteiger partial charge in [-0.1, -0.05) is 24.3 Å². The molecule has 0 saturated heterocycles. The first kappa shape index (κ1) is 15.5.